The van der Waals surface area contributed by atoms with Crippen LogP contribution in [0.3, 0.4) is 0 Å². The summed E-state index contributed by atoms with van der Waals surface area (Å²) in [5.41, 5.74) is 0.896. The van der Waals surface area contributed by atoms with Crippen LogP contribution in [0, 0.1) is 5.82 Å². The molecule has 0 amide bonds. The minimum absolute atomic E-state index is 0.142. The third kappa shape index (κ3) is 2.31. The van der Waals surface area contributed by atoms with E-state index in [1.807, 2.05) is 0 Å². The molecule has 0 fully saturated rings. The molecule has 1 N–H and O–H groups in total. The summed E-state index contributed by atoms with van der Waals surface area (Å²) < 4.78 is 38.6. The van der Waals surface area contributed by atoms with Crippen molar-refractivity contribution in [1.82, 2.24) is 9.78 Å². The monoisotopic (exact) mass is 242 g/mol. The number of alkyl halides is 2. The topological polar surface area (TPSA) is 38.1 Å². The predicted molar refractivity (Wildman–Crippen MR) is 54.8 cm³/mol. The van der Waals surface area contributed by atoms with Gasteiger partial charge in [0.15, 0.2) is 0 Å². The molecule has 0 aliphatic heterocycles. The van der Waals surface area contributed by atoms with E-state index in [4.69, 9.17) is 5.11 Å². The van der Waals surface area contributed by atoms with Crippen molar-refractivity contribution in [2.45, 2.75) is 13.2 Å². The van der Waals surface area contributed by atoms with Crippen molar-refractivity contribution in [2.24, 2.45) is 0 Å². The summed E-state index contributed by atoms with van der Waals surface area (Å²) in [7, 11) is 0. The molecule has 6 heteroatoms. The Morgan fingerprint density at radius 2 is 2.12 bits per heavy atom. The summed E-state index contributed by atoms with van der Waals surface area (Å²) in [5, 5.41) is 12.4. The smallest absolute Gasteiger partial charge is 0.333 e. The second-order valence-corrected chi connectivity index (χ2v) is 3.46. The zero-order valence-electron chi connectivity index (χ0n) is 8.65. The fourth-order valence-corrected chi connectivity index (χ4v) is 1.48. The molecule has 1 aromatic carbocycles. The van der Waals surface area contributed by atoms with E-state index in [-0.39, 0.29) is 17.7 Å². The minimum atomic E-state index is -2.76. The van der Waals surface area contributed by atoms with Crippen molar-refractivity contribution in [3.05, 3.63) is 42.0 Å². The molecule has 0 saturated heterocycles. The lowest BCUT2D eigenvalue weighted by Crippen LogP contribution is -1.96. The average molecular weight is 242 g/mol. The van der Waals surface area contributed by atoms with Crippen molar-refractivity contribution < 1.29 is 18.3 Å². The quantitative estimate of drug-likeness (QED) is 0.898. The number of aliphatic hydroxyl groups is 1. The minimum Gasteiger partial charge on any atom is -0.392 e. The molecule has 0 radical (unpaired) electrons. The molecule has 0 spiro atoms. The Hall–Kier alpha value is -1.82. The number of benzene rings is 1. The fraction of sp³-hybridized carbons (Fsp3) is 0.182. The molecule has 3 nitrogen and oxygen atoms in total. The van der Waals surface area contributed by atoms with Crippen LogP contribution >= 0.6 is 0 Å². The van der Waals surface area contributed by atoms with E-state index in [9.17, 15) is 13.2 Å². The average Bonchev–Trinajstić information content (AvgIpc) is 2.79. The van der Waals surface area contributed by atoms with E-state index < -0.39 is 12.4 Å². The number of rotatable bonds is 3. The predicted octanol–water partition coefficient (Wildman–Crippen LogP) is 2.58. The summed E-state index contributed by atoms with van der Waals surface area (Å²) >= 11 is 0. The SMILES string of the molecule is OCc1ccc(F)c(-c2cnn(C(F)F)c2)c1. The molecule has 0 aliphatic carbocycles. The summed E-state index contributed by atoms with van der Waals surface area (Å²) in [5.74, 6) is -0.545. The van der Waals surface area contributed by atoms with Crippen LogP contribution in [0.25, 0.3) is 11.1 Å². The maximum absolute atomic E-state index is 13.5. The summed E-state index contributed by atoms with van der Waals surface area (Å²) in [6, 6.07) is 4.01. The molecule has 0 aliphatic rings. The third-order valence-corrected chi connectivity index (χ3v) is 2.33. The number of halogens is 3. The molecular weight excluding hydrogens is 233 g/mol. The van der Waals surface area contributed by atoms with Gasteiger partial charge in [-0.15, -0.1) is 0 Å². The van der Waals surface area contributed by atoms with E-state index in [0.29, 0.717) is 10.2 Å². The molecule has 17 heavy (non-hydrogen) atoms. The van der Waals surface area contributed by atoms with E-state index >= 15 is 0 Å². The van der Waals surface area contributed by atoms with Crippen molar-refractivity contribution in [3.8, 4) is 11.1 Å². The van der Waals surface area contributed by atoms with Crippen molar-refractivity contribution in [3.63, 3.8) is 0 Å². The van der Waals surface area contributed by atoms with Crippen LogP contribution in [0.5, 0.6) is 0 Å². The lowest BCUT2D eigenvalue weighted by Gasteiger charge is -2.02. The zero-order chi connectivity index (χ0) is 12.4. The van der Waals surface area contributed by atoms with Crippen LogP contribution in [0.2, 0.25) is 0 Å². The van der Waals surface area contributed by atoms with Crippen LogP contribution in [-0.4, -0.2) is 14.9 Å². The summed E-state index contributed by atoms with van der Waals surface area (Å²) in [6.45, 7) is -3.00. The molecule has 0 saturated carbocycles. The molecule has 0 bridgehead atoms. The van der Waals surface area contributed by atoms with Gasteiger partial charge in [-0.2, -0.15) is 13.9 Å². The second kappa shape index (κ2) is 4.58. The van der Waals surface area contributed by atoms with Crippen molar-refractivity contribution in [2.75, 3.05) is 0 Å². The van der Waals surface area contributed by atoms with Crippen LogP contribution in [0.15, 0.2) is 30.6 Å². The van der Waals surface area contributed by atoms with Crippen molar-refractivity contribution in [1.29, 1.82) is 0 Å². The van der Waals surface area contributed by atoms with Crippen LogP contribution in [0.4, 0.5) is 13.2 Å². The van der Waals surface area contributed by atoms with Gasteiger partial charge in [0.05, 0.1) is 12.8 Å². The highest BCUT2D eigenvalue weighted by molar-refractivity contribution is 5.63. The highest BCUT2D eigenvalue weighted by Crippen LogP contribution is 2.25. The first-order chi connectivity index (χ1) is 8.11. The summed E-state index contributed by atoms with van der Waals surface area (Å²) in [4.78, 5) is 0. The first kappa shape index (κ1) is 11.7. The third-order valence-electron chi connectivity index (χ3n) is 2.33. The molecule has 2 rings (SSSR count). The molecule has 2 aromatic rings. The van der Waals surface area contributed by atoms with Gasteiger partial charge < -0.3 is 5.11 Å². The number of aliphatic hydroxyl groups excluding tert-OH is 1. The Morgan fingerprint density at radius 1 is 1.35 bits per heavy atom. The first-order valence-electron chi connectivity index (χ1n) is 4.84. The van der Waals surface area contributed by atoms with E-state index in [1.54, 1.807) is 0 Å². The second-order valence-electron chi connectivity index (χ2n) is 3.46. The standard InChI is InChI=1S/C11H9F3N2O/c12-10-2-1-7(6-17)3-9(10)8-4-15-16(5-8)11(13)14/h1-5,11,17H,6H2. The highest BCUT2D eigenvalue weighted by Gasteiger charge is 2.12. The van der Waals surface area contributed by atoms with Gasteiger partial charge in [0.1, 0.15) is 5.82 Å². The maximum Gasteiger partial charge on any atom is 0.333 e. The Morgan fingerprint density at radius 3 is 2.71 bits per heavy atom. The number of nitrogens with zero attached hydrogens (tertiary/aromatic N) is 2. The van der Waals surface area contributed by atoms with Crippen LogP contribution in [0.1, 0.15) is 12.1 Å². The van der Waals surface area contributed by atoms with Crippen molar-refractivity contribution >= 4 is 0 Å². The lowest BCUT2D eigenvalue weighted by atomic mass is 10.1. The normalized spacial score (nSPS) is 11.1. The number of hydrogen-bond acceptors (Lipinski definition) is 2. The Kier molecular flexibility index (Phi) is 3.14. The van der Waals surface area contributed by atoms with Gasteiger partial charge >= 0.3 is 6.55 Å². The zero-order valence-corrected chi connectivity index (χ0v) is 8.65. The van der Waals surface area contributed by atoms with E-state index in [0.717, 1.165) is 12.4 Å². The molecule has 0 unspecified atom stereocenters. The van der Waals surface area contributed by atoms with Gasteiger partial charge in [-0.05, 0) is 17.7 Å². The Balaban J connectivity index is 2.44. The maximum atomic E-state index is 13.5. The fourth-order valence-electron chi connectivity index (χ4n) is 1.48. The van der Waals surface area contributed by atoms with Gasteiger partial charge in [0, 0.05) is 17.3 Å². The largest absolute Gasteiger partial charge is 0.392 e. The van der Waals surface area contributed by atoms with Gasteiger partial charge in [-0.25, -0.2) is 9.07 Å². The highest BCUT2D eigenvalue weighted by atomic mass is 19.3. The van der Waals surface area contributed by atoms with Gasteiger partial charge in [0.25, 0.3) is 0 Å². The molecule has 1 heterocycles. The van der Waals surface area contributed by atoms with Gasteiger partial charge in [-0.1, -0.05) is 6.07 Å². The van der Waals surface area contributed by atoms with E-state index in [2.05, 4.69) is 5.10 Å². The van der Waals surface area contributed by atoms with Crippen LogP contribution < -0.4 is 0 Å². The number of aromatic nitrogens is 2. The molecular formula is C11H9F3N2O. The van der Waals surface area contributed by atoms with E-state index in [1.165, 1.54) is 18.2 Å². The summed E-state index contributed by atoms with van der Waals surface area (Å²) in [6.07, 6.45) is 2.22. The van der Waals surface area contributed by atoms with Gasteiger partial charge in [0.2, 0.25) is 0 Å². The molecule has 1 aromatic heterocycles. The Bertz CT molecular complexity index is 525. The van der Waals surface area contributed by atoms with Gasteiger partial charge in [-0.3, -0.25) is 0 Å². The molecule has 0 atom stereocenters. The molecule has 90 valence electrons. The lowest BCUT2D eigenvalue weighted by molar-refractivity contribution is 0.0566. The Labute approximate surface area is 95.1 Å². The first-order valence-corrected chi connectivity index (χ1v) is 4.84. The van der Waals surface area contributed by atoms with Crippen LogP contribution in [-0.2, 0) is 6.61 Å². The number of hydrogen-bond donors (Lipinski definition) is 1.